The van der Waals surface area contributed by atoms with Gasteiger partial charge in [0.15, 0.2) is 0 Å². The lowest BCUT2D eigenvalue weighted by Gasteiger charge is -2.13. The Kier molecular flexibility index (Phi) is 4.11. The number of hydrogen-bond acceptors (Lipinski definition) is 3. The van der Waals surface area contributed by atoms with Crippen LogP contribution in [0, 0.1) is 3.57 Å². The second kappa shape index (κ2) is 5.59. The summed E-state index contributed by atoms with van der Waals surface area (Å²) in [5.41, 5.74) is 1.64. The van der Waals surface area contributed by atoms with E-state index in [-0.39, 0.29) is 0 Å². The van der Waals surface area contributed by atoms with Gasteiger partial charge in [-0.3, -0.25) is 0 Å². The summed E-state index contributed by atoms with van der Waals surface area (Å²) in [5, 5.41) is 18.2. The molecule has 0 radical (unpaired) electrons. The van der Waals surface area contributed by atoms with Crippen molar-refractivity contribution in [1.82, 2.24) is 15.0 Å². The minimum Gasteiger partial charge on any atom is -0.382 e. The van der Waals surface area contributed by atoms with Crippen molar-refractivity contribution in [3.63, 3.8) is 0 Å². The van der Waals surface area contributed by atoms with Crippen molar-refractivity contribution < 1.29 is 5.11 Å². The summed E-state index contributed by atoms with van der Waals surface area (Å²) in [6.07, 6.45) is 1.93. The molecule has 0 fully saturated rings. The van der Waals surface area contributed by atoms with Crippen LogP contribution in [0.4, 0.5) is 0 Å². The van der Waals surface area contributed by atoms with E-state index in [1.165, 1.54) is 0 Å². The third-order valence-corrected chi connectivity index (χ3v) is 3.55. The molecule has 0 bridgehead atoms. The van der Waals surface area contributed by atoms with Gasteiger partial charge < -0.3 is 5.11 Å². The van der Waals surface area contributed by atoms with Crippen molar-refractivity contribution in [3.05, 3.63) is 45.3 Å². The first-order chi connectivity index (χ1) is 8.24. The van der Waals surface area contributed by atoms with Crippen LogP contribution in [0.25, 0.3) is 0 Å². The van der Waals surface area contributed by atoms with Gasteiger partial charge in [-0.25, -0.2) is 4.68 Å². The summed E-state index contributed by atoms with van der Waals surface area (Å²) >= 11 is 2.22. The molecule has 0 amide bonds. The first-order valence-electron chi connectivity index (χ1n) is 5.55. The maximum Gasteiger partial charge on any atom is 0.123 e. The molecule has 0 aliphatic rings. The quantitative estimate of drug-likeness (QED) is 0.868. The molecule has 2 rings (SSSR count). The number of aliphatic hydroxyl groups is 1. The maximum absolute atomic E-state index is 10.4. The van der Waals surface area contributed by atoms with E-state index in [0.29, 0.717) is 0 Å². The third kappa shape index (κ3) is 2.66. The molecule has 5 heteroatoms. The standard InChI is InChI=1S/C12H14IN3O/c1-2-7-16-11(8-14-15-16)12(17)9-5-3-4-6-10(9)13/h3-6,8,12,17H,2,7H2,1H3. The Bertz CT molecular complexity index is 498. The van der Waals surface area contributed by atoms with Crippen LogP contribution < -0.4 is 0 Å². The van der Waals surface area contributed by atoms with E-state index in [4.69, 9.17) is 0 Å². The van der Waals surface area contributed by atoms with Gasteiger partial charge in [-0.05, 0) is 40.6 Å². The molecule has 17 heavy (non-hydrogen) atoms. The molecule has 1 atom stereocenters. The Morgan fingerprint density at radius 1 is 1.41 bits per heavy atom. The van der Waals surface area contributed by atoms with Crippen LogP contribution in [0.1, 0.15) is 30.7 Å². The highest BCUT2D eigenvalue weighted by molar-refractivity contribution is 14.1. The van der Waals surface area contributed by atoms with Crippen molar-refractivity contribution in [3.8, 4) is 0 Å². The van der Waals surface area contributed by atoms with Crippen LogP contribution >= 0.6 is 22.6 Å². The Morgan fingerprint density at radius 2 is 2.18 bits per heavy atom. The zero-order valence-electron chi connectivity index (χ0n) is 9.55. The zero-order chi connectivity index (χ0) is 12.3. The fourth-order valence-corrected chi connectivity index (χ4v) is 2.40. The maximum atomic E-state index is 10.4. The Morgan fingerprint density at radius 3 is 2.88 bits per heavy atom. The molecule has 1 N–H and O–H groups in total. The van der Waals surface area contributed by atoms with Crippen LogP contribution in [0.5, 0.6) is 0 Å². The number of halogens is 1. The molecule has 0 spiro atoms. The topological polar surface area (TPSA) is 50.9 Å². The van der Waals surface area contributed by atoms with Crippen LogP contribution in [0.2, 0.25) is 0 Å². The van der Waals surface area contributed by atoms with Crippen LogP contribution in [0.15, 0.2) is 30.5 Å². The lowest BCUT2D eigenvalue weighted by atomic mass is 10.1. The number of rotatable bonds is 4. The first kappa shape index (κ1) is 12.5. The van der Waals surface area contributed by atoms with Gasteiger partial charge in [0.05, 0.1) is 11.9 Å². The number of aryl methyl sites for hydroxylation is 1. The molecule has 1 aromatic carbocycles. The summed E-state index contributed by atoms with van der Waals surface area (Å²) in [4.78, 5) is 0. The van der Waals surface area contributed by atoms with E-state index in [1.54, 1.807) is 10.9 Å². The predicted molar refractivity (Wildman–Crippen MR) is 73.5 cm³/mol. The van der Waals surface area contributed by atoms with Gasteiger partial charge in [-0.15, -0.1) is 5.10 Å². The largest absolute Gasteiger partial charge is 0.382 e. The number of aromatic nitrogens is 3. The van der Waals surface area contributed by atoms with Gasteiger partial charge in [0.25, 0.3) is 0 Å². The smallest absolute Gasteiger partial charge is 0.123 e. The Balaban J connectivity index is 2.34. The van der Waals surface area contributed by atoms with Gasteiger partial charge >= 0.3 is 0 Å². The highest BCUT2D eigenvalue weighted by Gasteiger charge is 2.17. The molecule has 2 aromatic rings. The zero-order valence-corrected chi connectivity index (χ0v) is 11.7. The van der Waals surface area contributed by atoms with E-state index in [2.05, 4.69) is 39.8 Å². The molecule has 4 nitrogen and oxygen atoms in total. The van der Waals surface area contributed by atoms with Gasteiger partial charge in [0.1, 0.15) is 6.10 Å². The van der Waals surface area contributed by atoms with Gasteiger partial charge in [0, 0.05) is 10.1 Å². The van der Waals surface area contributed by atoms with Crippen LogP contribution in [-0.4, -0.2) is 20.1 Å². The molecule has 1 heterocycles. The van der Waals surface area contributed by atoms with Crippen molar-refractivity contribution in [2.45, 2.75) is 26.0 Å². The molecular formula is C12H14IN3O. The SMILES string of the molecule is CCCn1nncc1C(O)c1ccccc1I. The summed E-state index contributed by atoms with van der Waals surface area (Å²) < 4.78 is 2.80. The molecule has 0 aliphatic heterocycles. The first-order valence-corrected chi connectivity index (χ1v) is 6.62. The van der Waals surface area contributed by atoms with Gasteiger partial charge in [0.2, 0.25) is 0 Å². The summed E-state index contributed by atoms with van der Waals surface area (Å²) in [5.74, 6) is 0. The highest BCUT2D eigenvalue weighted by Crippen LogP contribution is 2.25. The highest BCUT2D eigenvalue weighted by atomic mass is 127. The number of hydrogen-bond donors (Lipinski definition) is 1. The molecule has 0 saturated heterocycles. The summed E-state index contributed by atoms with van der Waals surface area (Å²) in [6, 6.07) is 7.79. The van der Waals surface area contributed by atoms with Crippen LogP contribution in [-0.2, 0) is 6.54 Å². The molecule has 1 unspecified atom stereocenters. The summed E-state index contributed by atoms with van der Waals surface area (Å²) in [6.45, 7) is 2.85. The van der Waals surface area contributed by atoms with Gasteiger partial charge in [-0.1, -0.05) is 30.3 Å². The van der Waals surface area contributed by atoms with Crippen molar-refractivity contribution in [2.75, 3.05) is 0 Å². The fourth-order valence-electron chi connectivity index (χ4n) is 1.72. The minimum atomic E-state index is -0.662. The molecule has 0 saturated carbocycles. The molecular weight excluding hydrogens is 329 g/mol. The van der Waals surface area contributed by atoms with Crippen LogP contribution in [0.3, 0.4) is 0 Å². The Labute approximate surface area is 114 Å². The van der Waals surface area contributed by atoms with Crippen molar-refractivity contribution >= 4 is 22.6 Å². The second-order valence-corrected chi connectivity index (χ2v) is 4.97. The van der Waals surface area contributed by atoms with E-state index in [1.807, 2.05) is 24.3 Å². The van der Waals surface area contributed by atoms with E-state index in [0.717, 1.165) is 27.8 Å². The summed E-state index contributed by atoms with van der Waals surface area (Å²) in [7, 11) is 0. The van der Waals surface area contributed by atoms with Gasteiger partial charge in [-0.2, -0.15) is 0 Å². The minimum absolute atomic E-state index is 0.662. The number of benzene rings is 1. The van der Waals surface area contributed by atoms with E-state index >= 15 is 0 Å². The monoisotopic (exact) mass is 343 g/mol. The number of aliphatic hydroxyl groups excluding tert-OH is 1. The Hall–Kier alpha value is -0.950. The van der Waals surface area contributed by atoms with E-state index < -0.39 is 6.10 Å². The fraction of sp³-hybridized carbons (Fsp3) is 0.333. The lowest BCUT2D eigenvalue weighted by Crippen LogP contribution is -2.11. The predicted octanol–water partition coefficient (Wildman–Crippen LogP) is 2.37. The second-order valence-electron chi connectivity index (χ2n) is 3.81. The molecule has 0 aliphatic carbocycles. The number of nitrogens with zero attached hydrogens (tertiary/aromatic N) is 3. The molecule has 90 valence electrons. The third-order valence-electron chi connectivity index (χ3n) is 2.56. The molecule has 1 aromatic heterocycles. The van der Waals surface area contributed by atoms with E-state index in [9.17, 15) is 5.11 Å². The van der Waals surface area contributed by atoms with Crippen molar-refractivity contribution in [2.24, 2.45) is 0 Å². The normalized spacial score (nSPS) is 12.6. The average Bonchev–Trinajstić information content (AvgIpc) is 2.78. The average molecular weight is 343 g/mol. The lowest BCUT2D eigenvalue weighted by molar-refractivity contribution is 0.206. The van der Waals surface area contributed by atoms with Crippen molar-refractivity contribution in [1.29, 1.82) is 0 Å².